The summed E-state index contributed by atoms with van der Waals surface area (Å²) in [4.78, 5) is 35.2. The summed E-state index contributed by atoms with van der Waals surface area (Å²) < 4.78 is 5.21. The van der Waals surface area contributed by atoms with Gasteiger partial charge in [-0.05, 0) is 45.4 Å². The molecule has 2 aromatic rings. The molecule has 0 aliphatic carbocycles. The summed E-state index contributed by atoms with van der Waals surface area (Å²) in [5, 5.41) is 11.0. The smallest absolute Gasteiger partial charge is 0.339 e. The van der Waals surface area contributed by atoms with Gasteiger partial charge in [0, 0.05) is 17.2 Å². The Morgan fingerprint density at radius 1 is 1.04 bits per heavy atom. The lowest BCUT2D eigenvalue weighted by Crippen LogP contribution is -2.25. The lowest BCUT2D eigenvalue weighted by atomic mass is 9.99. The minimum atomic E-state index is -0.992. The molecule has 0 aromatic heterocycles. The molecule has 0 saturated heterocycles. The highest BCUT2D eigenvalue weighted by Gasteiger charge is 2.23. The van der Waals surface area contributed by atoms with Gasteiger partial charge in [0.1, 0.15) is 0 Å². The zero-order valence-electron chi connectivity index (χ0n) is 14.5. The highest BCUT2D eigenvalue weighted by atomic mass is 16.6. The maximum absolute atomic E-state index is 12.5. The molecule has 2 aromatic carbocycles. The molecule has 0 amide bonds. The van der Waals surface area contributed by atoms with Crippen LogP contribution in [0.15, 0.2) is 36.4 Å². The number of carbonyl (C=O) groups excluding carboxylic acids is 2. The Labute approximate surface area is 145 Å². The monoisotopic (exact) mass is 341 g/mol. The van der Waals surface area contributed by atoms with Crippen molar-refractivity contribution in [1.29, 1.82) is 0 Å². The number of nitrogens with zero attached hydrogens (tertiary/aromatic N) is 1. The molecule has 6 heteroatoms. The Hall–Kier alpha value is -3.02. The number of esters is 1. The van der Waals surface area contributed by atoms with Crippen molar-refractivity contribution in [3.05, 3.63) is 74.3 Å². The molecule has 0 saturated carbocycles. The van der Waals surface area contributed by atoms with E-state index in [1.165, 1.54) is 19.1 Å². The van der Waals surface area contributed by atoms with Gasteiger partial charge in [0.25, 0.3) is 5.69 Å². The Kier molecular flexibility index (Phi) is 5.32. The predicted octanol–water partition coefficient (Wildman–Crippen LogP) is 3.95. The van der Waals surface area contributed by atoms with Crippen LogP contribution in [-0.4, -0.2) is 22.8 Å². The van der Waals surface area contributed by atoms with E-state index in [0.717, 1.165) is 17.2 Å². The van der Waals surface area contributed by atoms with Gasteiger partial charge in [0.05, 0.1) is 10.5 Å². The lowest BCUT2D eigenvalue weighted by molar-refractivity contribution is -0.385. The number of hydrogen-bond acceptors (Lipinski definition) is 5. The van der Waals surface area contributed by atoms with Gasteiger partial charge in [0.2, 0.25) is 5.78 Å². The van der Waals surface area contributed by atoms with Crippen LogP contribution in [0.1, 0.15) is 44.3 Å². The zero-order chi connectivity index (χ0) is 18.7. The summed E-state index contributed by atoms with van der Waals surface area (Å²) in [5.74, 6) is -1.08. The van der Waals surface area contributed by atoms with Crippen LogP contribution in [0.3, 0.4) is 0 Å². The second kappa shape index (κ2) is 7.25. The van der Waals surface area contributed by atoms with Gasteiger partial charge in [-0.2, -0.15) is 0 Å². The van der Waals surface area contributed by atoms with Crippen LogP contribution in [0.5, 0.6) is 0 Å². The number of rotatable bonds is 5. The first-order valence-corrected chi connectivity index (χ1v) is 7.78. The molecule has 0 spiro atoms. The second-order valence-electron chi connectivity index (χ2n) is 5.99. The van der Waals surface area contributed by atoms with Gasteiger partial charge in [0.15, 0.2) is 6.10 Å². The van der Waals surface area contributed by atoms with Gasteiger partial charge < -0.3 is 4.74 Å². The summed E-state index contributed by atoms with van der Waals surface area (Å²) in [6.07, 6.45) is -0.992. The average molecular weight is 341 g/mol. The highest BCUT2D eigenvalue weighted by Crippen LogP contribution is 2.21. The zero-order valence-corrected chi connectivity index (χ0v) is 14.5. The van der Waals surface area contributed by atoms with E-state index < -0.39 is 17.0 Å². The van der Waals surface area contributed by atoms with E-state index in [-0.39, 0.29) is 17.0 Å². The van der Waals surface area contributed by atoms with Gasteiger partial charge >= 0.3 is 5.97 Å². The van der Waals surface area contributed by atoms with Crippen LogP contribution in [-0.2, 0) is 4.74 Å². The molecule has 0 heterocycles. The average Bonchev–Trinajstić information content (AvgIpc) is 2.56. The number of nitro benzene ring substituents is 1. The third kappa shape index (κ3) is 4.09. The Balaban J connectivity index is 2.20. The fraction of sp³-hybridized carbons (Fsp3) is 0.263. The van der Waals surface area contributed by atoms with Crippen molar-refractivity contribution in [1.82, 2.24) is 0 Å². The summed E-state index contributed by atoms with van der Waals surface area (Å²) in [5.41, 5.74) is 2.54. The van der Waals surface area contributed by atoms with Crippen molar-refractivity contribution in [3.8, 4) is 0 Å². The molecule has 0 N–H and O–H groups in total. The largest absolute Gasteiger partial charge is 0.451 e. The predicted molar refractivity (Wildman–Crippen MR) is 93.0 cm³/mol. The van der Waals surface area contributed by atoms with Crippen LogP contribution in [0, 0.1) is 30.9 Å². The standard InChI is InChI=1S/C19H19NO5/c1-11-5-6-12(2)16(9-11)18(21)14(4)25-19(22)15-8-7-13(3)17(10-15)20(23)24/h5-10,14H,1-4H3/t14-/m0/s1. The van der Waals surface area contributed by atoms with Crippen LogP contribution >= 0.6 is 0 Å². The number of hydrogen-bond donors (Lipinski definition) is 0. The van der Waals surface area contributed by atoms with Crippen molar-refractivity contribution < 1.29 is 19.2 Å². The van der Waals surface area contributed by atoms with E-state index in [0.29, 0.717) is 11.1 Å². The third-order valence-electron chi connectivity index (χ3n) is 3.95. The first-order chi connectivity index (χ1) is 11.7. The molecule has 6 nitrogen and oxygen atoms in total. The fourth-order valence-corrected chi connectivity index (χ4v) is 2.44. The van der Waals surface area contributed by atoms with E-state index >= 15 is 0 Å². The van der Waals surface area contributed by atoms with Gasteiger partial charge in [-0.1, -0.05) is 23.8 Å². The van der Waals surface area contributed by atoms with Gasteiger partial charge in [-0.3, -0.25) is 14.9 Å². The maximum Gasteiger partial charge on any atom is 0.339 e. The highest BCUT2D eigenvalue weighted by molar-refractivity contribution is 6.02. The molecular formula is C19H19NO5. The summed E-state index contributed by atoms with van der Waals surface area (Å²) in [7, 11) is 0. The van der Waals surface area contributed by atoms with Crippen molar-refractivity contribution in [2.75, 3.05) is 0 Å². The number of ether oxygens (including phenoxy) is 1. The normalized spacial score (nSPS) is 11.7. The topological polar surface area (TPSA) is 86.5 Å². The quantitative estimate of drug-likeness (QED) is 0.356. The molecule has 2 rings (SSSR count). The minimum Gasteiger partial charge on any atom is -0.451 e. The van der Waals surface area contributed by atoms with Crippen LogP contribution < -0.4 is 0 Å². The number of aryl methyl sites for hydroxylation is 3. The van der Waals surface area contributed by atoms with E-state index in [1.807, 2.05) is 26.0 Å². The van der Waals surface area contributed by atoms with Crippen LogP contribution in [0.2, 0.25) is 0 Å². The summed E-state index contributed by atoms with van der Waals surface area (Å²) in [6.45, 7) is 6.76. The maximum atomic E-state index is 12.5. The molecular weight excluding hydrogens is 322 g/mol. The van der Waals surface area contributed by atoms with Gasteiger partial charge in [-0.15, -0.1) is 0 Å². The molecule has 0 fully saturated rings. The molecule has 0 unspecified atom stereocenters. The SMILES string of the molecule is Cc1ccc(C)c(C(=O)[C@H](C)OC(=O)c2ccc(C)c([N+](=O)[O-])c2)c1. The summed E-state index contributed by atoms with van der Waals surface area (Å²) >= 11 is 0. The van der Waals surface area contributed by atoms with E-state index in [4.69, 9.17) is 4.74 Å². The molecule has 25 heavy (non-hydrogen) atoms. The first kappa shape index (κ1) is 18.3. The van der Waals surface area contributed by atoms with Crippen LogP contribution in [0.4, 0.5) is 5.69 Å². The number of benzene rings is 2. The molecule has 0 aliphatic rings. The molecule has 130 valence electrons. The molecule has 0 aliphatic heterocycles. The van der Waals surface area contributed by atoms with E-state index in [1.54, 1.807) is 13.0 Å². The molecule has 0 bridgehead atoms. The molecule has 0 radical (unpaired) electrons. The van der Waals surface area contributed by atoms with E-state index in [9.17, 15) is 19.7 Å². The Bertz CT molecular complexity index is 857. The van der Waals surface area contributed by atoms with Crippen molar-refractivity contribution in [3.63, 3.8) is 0 Å². The Morgan fingerprint density at radius 3 is 2.32 bits per heavy atom. The van der Waals surface area contributed by atoms with Gasteiger partial charge in [-0.25, -0.2) is 4.79 Å². The van der Waals surface area contributed by atoms with Crippen LogP contribution in [0.25, 0.3) is 0 Å². The molecule has 1 atom stereocenters. The second-order valence-corrected chi connectivity index (χ2v) is 5.99. The number of nitro groups is 1. The first-order valence-electron chi connectivity index (χ1n) is 7.78. The number of ketones is 1. The fourth-order valence-electron chi connectivity index (χ4n) is 2.44. The van der Waals surface area contributed by atoms with E-state index in [2.05, 4.69) is 0 Å². The van der Waals surface area contributed by atoms with Crippen molar-refractivity contribution in [2.45, 2.75) is 33.8 Å². The van der Waals surface area contributed by atoms with Crippen molar-refractivity contribution >= 4 is 17.4 Å². The Morgan fingerprint density at radius 2 is 1.68 bits per heavy atom. The third-order valence-corrected chi connectivity index (χ3v) is 3.95. The number of Topliss-reactive ketones (excluding diaryl/α,β-unsaturated/α-hetero) is 1. The minimum absolute atomic E-state index is 0.0397. The lowest BCUT2D eigenvalue weighted by Gasteiger charge is -2.14. The number of carbonyl (C=O) groups is 2. The van der Waals surface area contributed by atoms with Crippen molar-refractivity contribution in [2.24, 2.45) is 0 Å². The summed E-state index contributed by atoms with van der Waals surface area (Å²) in [6, 6.07) is 9.56.